The third kappa shape index (κ3) is 5.52. The summed E-state index contributed by atoms with van der Waals surface area (Å²) >= 11 is 4.10. The maximum absolute atomic E-state index is 2.63. The lowest BCUT2D eigenvalue weighted by Gasteiger charge is -2.26. The molecule has 1 unspecified atom stereocenters. The quantitative estimate of drug-likeness (QED) is 0.649. The monoisotopic (exact) mass is 233 g/mol. The second-order valence-corrected chi connectivity index (χ2v) is 6.50. The van der Waals surface area contributed by atoms with Gasteiger partial charge in [-0.2, -0.15) is 23.5 Å². The molecule has 0 amide bonds. The Morgan fingerprint density at radius 1 is 1.29 bits per heavy atom. The summed E-state index contributed by atoms with van der Waals surface area (Å²) in [4.78, 5) is 2.63. The molecule has 0 aromatic heterocycles. The van der Waals surface area contributed by atoms with E-state index in [4.69, 9.17) is 0 Å². The van der Waals surface area contributed by atoms with Crippen LogP contribution in [0.15, 0.2) is 0 Å². The molecule has 0 saturated carbocycles. The molecule has 1 fully saturated rings. The lowest BCUT2D eigenvalue weighted by Crippen LogP contribution is -2.33. The summed E-state index contributed by atoms with van der Waals surface area (Å²) in [6.07, 6.45) is 6.41. The minimum atomic E-state index is 0.854. The first-order valence-electron chi connectivity index (χ1n) is 5.66. The molecule has 84 valence electrons. The van der Waals surface area contributed by atoms with Gasteiger partial charge in [0.1, 0.15) is 0 Å². The Balaban J connectivity index is 1.92. The van der Waals surface area contributed by atoms with Gasteiger partial charge in [0.05, 0.1) is 0 Å². The number of rotatable bonds is 6. The first-order chi connectivity index (χ1) is 6.83. The summed E-state index contributed by atoms with van der Waals surface area (Å²) in [6.45, 7) is 6.31. The number of nitrogens with zero attached hydrogens (tertiary/aromatic N) is 1. The van der Waals surface area contributed by atoms with E-state index in [2.05, 4.69) is 29.8 Å². The van der Waals surface area contributed by atoms with E-state index in [1.54, 1.807) is 0 Å². The second kappa shape index (κ2) is 7.89. The van der Waals surface area contributed by atoms with Gasteiger partial charge in [0.15, 0.2) is 0 Å². The minimum Gasteiger partial charge on any atom is -0.302 e. The topological polar surface area (TPSA) is 3.24 Å². The third-order valence-corrected chi connectivity index (χ3v) is 4.82. The fraction of sp³-hybridized carbons (Fsp3) is 1.00. The van der Waals surface area contributed by atoms with Gasteiger partial charge >= 0.3 is 0 Å². The Morgan fingerprint density at radius 3 is 2.64 bits per heavy atom. The fourth-order valence-corrected chi connectivity index (χ4v) is 3.09. The van der Waals surface area contributed by atoms with Crippen molar-refractivity contribution in [3.8, 4) is 0 Å². The van der Waals surface area contributed by atoms with Gasteiger partial charge in [-0.05, 0) is 25.6 Å². The van der Waals surface area contributed by atoms with E-state index in [0.717, 1.165) is 5.25 Å². The average molecular weight is 233 g/mol. The van der Waals surface area contributed by atoms with Gasteiger partial charge < -0.3 is 4.90 Å². The van der Waals surface area contributed by atoms with Crippen molar-refractivity contribution in [2.45, 2.75) is 31.4 Å². The Hall–Kier alpha value is 0.660. The van der Waals surface area contributed by atoms with Crippen LogP contribution in [0.2, 0.25) is 0 Å². The number of hydrogen-bond acceptors (Lipinski definition) is 3. The van der Waals surface area contributed by atoms with E-state index in [1.165, 1.54) is 50.4 Å². The van der Waals surface area contributed by atoms with E-state index in [9.17, 15) is 0 Å². The largest absolute Gasteiger partial charge is 0.302 e. The molecule has 1 atom stereocenters. The van der Waals surface area contributed by atoms with Crippen LogP contribution in [0.1, 0.15) is 26.2 Å². The molecule has 0 aromatic rings. The van der Waals surface area contributed by atoms with Crippen molar-refractivity contribution in [2.24, 2.45) is 0 Å². The third-order valence-electron chi connectivity index (χ3n) is 2.84. The molecule has 0 aromatic carbocycles. The molecule has 1 aliphatic rings. The molecule has 1 heterocycles. The van der Waals surface area contributed by atoms with E-state index < -0.39 is 0 Å². The van der Waals surface area contributed by atoms with Gasteiger partial charge in [-0.1, -0.05) is 13.3 Å². The van der Waals surface area contributed by atoms with Crippen LogP contribution in [0.5, 0.6) is 0 Å². The Kier molecular flexibility index (Phi) is 7.17. The summed E-state index contributed by atoms with van der Waals surface area (Å²) in [5.41, 5.74) is 0. The molecule has 0 radical (unpaired) electrons. The summed E-state index contributed by atoms with van der Waals surface area (Å²) in [6, 6.07) is 0. The van der Waals surface area contributed by atoms with Crippen LogP contribution < -0.4 is 0 Å². The van der Waals surface area contributed by atoms with Crippen molar-refractivity contribution in [3.63, 3.8) is 0 Å². The van der Waals surface area contributed by atoms with Crippen LogP contribution in [0.25, 0.3) is 0 Å². The molecule has 0 N–H and O–H groups in total. The lowest BCUT2D eigenvalue weighted by molar-refractivity contribution is 0.294. The highest BCUT2D eigenvalue weighted by Gasteiger charge is 2.09. The molecular weight excluding hydrogens is 210 g/mol. The zero-order chi connectivity index (χ0) is 10.2. The molecule has 0 bridgehead atoms. The van der Waals surface area contributed by atoms with E-state index in [-0.39, 0.29) is 0 Å². The van der Waals surface area contributed by atoms with Crippen LogP contribution in [-0.4, -0.2) is 47.5 Å². The van der Waals surface area contributed by atoms with Crippen molar-refractivity contribution in [3.05, 3.63) is 0 Å². The molecule has 3 heteroatoms. The van der Waals surface area contributed by atoms with Crippen LogP contribution in [0, 0.1) is 0 Å². The van der Waals surface area contributed by atoms with Crippen LogP contribution >= 0.6 is 23.5 Å². The SMILES string of the molecule is CSC(C)CCCCN1CCSCC1. The Bertz CT molecular complexity index is 135. The maximum Gasteiger partial charge on any atom is 0.00727 e. The van der Waals surface area contributed by atoms with Gasteiger partial charge in [0.25, 0.3) is 0 Å². The van der Waals surface area contributed by atoms with Crippen molar-refractivity contribution in [1.29, 1.82) is 0 Å². The summed E-state index contributed by atoms with van der Waals surface area (Å²) < 4.78 is 0. The highest BCUT2D eigenvalue weighted by Crippen LogP contribution is 2.14. The second-order valence-electron chi connectivity index (χ2n) is 4.00. The van der Waals surface area contributed by atoms with E-state index in [1.807, 2.05) is 11.8 Å². The molecular formula is C11H23NS2. The van der Waals surface area contributed by atoms with Crippen LogP contribution in [0.3, 0.4) is 0 Å². The molecule has 0 aliphatic carbocycles. The fourth-order valence-electron chi connectivity index (χ4n) is 1.71. The van der Waals surface area contributed by atoms with Crippen molar-refractivity contribution in [1.82, 2.24) is 4.90 Å². The molecule has 14 heavy (non-hydrogen) atoms. The Labute approximate surface area is 97.4 Å². The minimum absolute atomic E-state index is 0.854. The smallest absolute Gasteiger partial charge is 0.00727 e. The summed E-state index contributed by atoms with van der Waals surface area (Å²) in [5, 5.41) is 0.854. The zero-order valence-corrected chi connectivity index (χ0v) is 11.1. The van der Waals surface area contributed by atoms with Gasteiger partial charge in [-0.15, -0.1) is 0 Å². The van der Waals surface area contributed by atoms with Crippen LogP contribution in [-0.2, 0) is 0 Å². The van der Waals surface area contributed by atoms with Gasteiger partial charge in [0.2, 0.25) is 0 Å². The normalized spacial score (nSPS) is 21.0. The number of hydrogen-bond donors (Lipinski definition) is 0. The summed E-state index contributed by atoms with van der Waals surface area (Å²) in [5.74, 6) is 2.70. The van der Waals surface area contributed by atoms with Gasteiger partial charge in [-0.3, -0.25) is 0 Å². The predicted octanol–water partition coefficient (Wildman–Crippen LogP) is 2.96. The molecule has 1 nitrogen and oxygen atoms in total. The van der Waals surface area contributed by atoms with Gasteiger partial charge in [0, 0.05) is 29.8 Å². The Morgan fingerprint density at radius 2 is 2.00 bits per heavy atom. The van der Waals surface area contributed by atoms with Gasteiger partial charge in [-0.25, -0.2) is 0 Å². The first kappa shape index (κ1) is 12.7. The first-order valence-corrected chi connectivity index (χ1v) is 8.10. The molecule has 1 saturated heterocycles. The number of thioether (sulfide) groups is 2. The standard InChI is InChI=1S/C11H23NS2/c1-11(13-2)5-3-4-6-12-7-9-14-10-8-12/h11H,3-10H2,1-2H3. The lowest BCUT2D eigenvalue weighted by atomic mass is 10.2. The zero-order valence-electron chi connectivity index (χ0n) is 9.50. The highest BCUT2D eigenvalue weighted by atomic mass is 32.2. The van der Waals surface area contributed by atoms with Crippen molar-refractivity contribution in [2.75, 3.05) is 37.4 Å². The summed E-state index contributed by atoms with van der Waals surface area (Å²) in [7, 11) is 0. The maximum atomic E-state index is 2.63. The molecule has 1 rings (SSSR count). The predicted molar refractivity (Wildman–Crippen MR) is 70.6 cm³/mol. The van der Waals surface area contributed by atoms with Crippen molar-refractivity contribution >= 4 is 23.5 Å². The van der Waals surface area contributed by atoms with Crippen LogP contribution in [0.4, 0.5) is 0 Å². The van der Waals surface area contributed by atoms with E-state index in [0.29, 0.717) is 0 Å². The number of unbranched alkanes of at least 4 members (excludes halogenated alkanes) is 1. The molecule has 1 aliphatic heterocycles. The van der Waals surface area contributed by atoms with E-state index >= 15 is 0 Å². The molecule has 0 spiro atoms. The highest BCUT2D eigenvalue weighted by molar-refractivity contribution is 7.99. The van der Waals surface area contributed by atoms with Crippen molar-refractivity contribution < 1.29 is 0 Å². The average Bonchev–Trinajstić information content (AvgIpc) is 2.25.